The molecule has 4 heterocycles. The second kappa shape index (κ2) is 10.8. The number of esters is 2. The van der Waals surface area contributed by atoms with Gasteiger partial charge in [0, 0.05) is 16.5 Å². The molecule has 0 amide bonds. The molecule has 0 bridgehead atoms. The molecule has 1 atom stereocenters. The van der Waals surface area contributed by atoms with Crippen molar-refractivity contribution in [3.05, 3.63) is 101 Å². The molecule has 0 spiro atoms. The van der Waals surface area contributed by atoms with Gasteiger partial charge in [-0.1, -0.05) is 29.5 Å². The molecule has 1 aromatic carbocycles. The first kappa shape index (κ1) is 25.6. The van der Waals surface area contributed by atoms with E-state index in [0.29, 0.717) is 49.9 Å². The minimum atomic E-state index is -0.620. The molecule has 1 aliphatic rings. The number of furan rings is 1. The lowest BCUT2D eigenvalue weighted by molar-refractivity contribution is -0.139. The Balaban J connectivity index is 1.55. The average Bonchev–Trinajstić information content (AvgIpc) is 3.66. The van der Waals surface area contributed by atoms with E-state index in [1.54, 1.807) is 61.7 Å². The average molecular weight is 549 g/mol. The van der Waals surface area contributed by atoms with Crippen LogP contribution in [-0.4, -0.2) is 29.7 Å². The fourth-order valence-corrected chi connectivity index (χ4v) is 6.09. The molecule has 0 saturated heterocycles. The van der Waals surface area contributed by atoms with Crippen LogP contribution in [-0.2, 0) is 14.3 Å². The van der Waals surface area contributed by atoms with Crippen LogP contribution in [0.5, 0.6) is 0 Å². The summed E-state index contributed by atoms with van der Waals surface area (Å²) in [6, 6.07) is 13.7. The molecule has 5 rings (SSSR count). The van der Waals surface area contributed by atoms with E-state index in [1.807, 2.05) is 23.6 Å². The number of rotatable bonds is 7. The highest BCUT2D eigenvalue weighted by Crippen LogP contribution is 2.33. The van der Waals surface area contributed by atoms with Gasteiger partial charge in [-0.05, 0) is 56.5 Å². The van der Waals surface area contributed by atoms with Crippen LogP contribution in [0.25, 0.3) is 17.4 Å². The van der Waals surface area contributed by atoms with E-state index in [2.05, 4.69) is 4.99 Å². The molecule has 0 radical (unpaired) electrons. The summed E-state index contributed by atoms with van der Waals surface area (Å²) in [6.07, 6.45) is 1.66. The second-order valence-electron chi connectivity index (χ2n) is 8.32. The van der Waals surface area contributed by atoms with Gasteiger partial charge in [0.1, 0.15) is 17.6 Å². The highest BCUT2D eigenvalue weighted by Gasteiger charge is 2.33. The first-order chi connectivity index (χ1) is 18.4. The summed E-state index contributed by atoms with van der Waals surface area (Å²) in [5.41, 5.74) is 1.75. The first-order valence-corrected chi connectivity index (χ1v) is 13.7. The Morgan fingerprint density at radius 2 is 1.87 bits per heavy atom. The smallest absolute Gasteiger partial charge is 0.338 e. The lowest BCUT2D eigenvalue weighted by atomic mass is 10.0. The van der Waals surface area contributed by atoms with Crippen LogP contribution in [0.15, 0.2) is 79.4 Å². The van der Waals surface area contributed by atoms with E-state index in [0.717, 1.165) is 4.88 Å². The molecule has 0 unspecified atom stereocenters. The van der Waals surface area contributed by atoms with Crippen molar-refractivity contribution in [1.82, 2.24) is 4.57 Å². The maximum atomic E-state index is 13.6. The number of ether oxygens (including phenoxy) is 2. The molecule has 1 aliphatic heterocycles. The van der Waals surface area contributed by atoms with Crippen molar-refractivity contribution in [2.24, 2.45) is 4.99 Å². The van der Waals surface area contributed by atoms with Crippen molar-refractivity contribution >= 4 is 40.7 Å². The molecule has 8 nitrogen and oxygen atoms in total. The molecule has 0 N–H and O–H groups in total. The summed E-state index contributed by atoms with van der Waals surface area (Å²) in [4.78, 5) is 44.5. The van der Waals surface area contributed by atoms with Crippen LogP contribution in [0.3, 0.4) is 0 Å². The third-order valence-electron chi connectivity index (χ3n) is 5.89. The molecular formula is C28H24N2O6S2. The number of hydrogen-bond acceptors (Lipinski definition) is 9. The van der Waals surface area contributed by atoms with Gasteiger partial charge in [-0.2, -0.15) is 0 Å². The van der Waals surface area contributed by atoms with Crippen LogP contribution in [0, 0.1) is 0 Å². The predicted molar refractivity (Wildman–Crippen MR) is 145 cm³/mol. The highest BCUT2D eigenvalue weighted by molar-refractivity contribution is 7.10. The van der Waals surface area contributed by atoms with Crippen LogP contribution in [0.2, 0.25) is 0 Å². The number of carbonyl (C=O) groups is 2. The largest absolute Gasteiger partial charge is 0.463 e. The van der Waals surface area contributed by atoms with E-state index in [9.17, 15) is 14.4 Å². The Hall–Kier alpha value is -4.02. The molecule has 0 aliphatic carbocycles. The van der Waals surface area contributed by atoms with Crippen molar-refractivity contribution in [3.8, 4) is 11.3 Å². The fourth-order valence-electron chi connectivity index (χ4n) is 4.24. The van der Waals surface area contributed by atoms with Crippen molar-refractivity contribution < 1.29 is 23.5 Å². The topological polar surface area (TPSA) is 100 Å². The number of carbonyl (C=O) groups excluding carboxylic acids is 2. The van der Waals surface area contributed by atoms with Gasteiger partial charge in [-0.15, -0.1) is 11.3 Å². The number of thiophene rings is 1. The number of nitrogens with zero attached hydrogens (tertiary/aromatic N) is 2. The number of benzene rings is 1. The maximum Gasteiger partial charge on any atom is 0.338 e. The molecule has 10 heteroatoms. The van der Waals surface area contributed by atoms with Crippen molar-refractivity contribution in [1.29, 1.82) is 0 Å². The van der Waals surface area contributed by atoms with Crippen LogP contribution < -0.4 is 14.9 Å². The van der Waals surface area contributed by atoms with Crippen LogP contribution in [0.1, 0.15) is 47.8 Å². The van der Waals surface area contributed by atoms with Gasteiger partial charge in [0.05, 0.1) is 34.6 Å². The van der Waals surface area contributed by atoms with Crippen LogP contribution in [0.4, 0.5) is 0 Å². The Bertz CT molecular complexity index is 1720. The molecule has 3 aromatic heterocycles. The summed E-state index contributed by atoms with van der Waals surface area (Å²) in [5, 5.41) is 1.91. The van der Waals surface area contributed by atoms with Gasteiger partial charge in [0.25, 0.3) is 5.56 Å². The Morgan fingerprint density at radius 1 is 1.08 bits per heavy atom. The third-order valence-corrected chi connectivity index (χ3v) is 7.80. The number of thiazole rings is 1. The summed E-state index contributed by atoms with van der Waals surface area (Å²) in [5.74, 6) is 0.134. The van der Waals surface area contributed by atoms with Gasteiger partial charge in [0.15, 0.2) is 4.80 Å². The van der Waals surface area contributed by atoms with E-state index < -0.39 is 18.0 Å². The van der Waals surface area contributed by atoms with Crippen molar-refractivity contribution in [2.45, 2.75) is 26.8 Å². The zero-order chi connectivity index (χ0) is 26.8. The predicted octanol–water partition coefficient (Wildman–Crippen LogP) is 4.30. The minimum absolute atomic E-state index is 0.223. The normalized spacial score (nSPS) is 15.2. The van der Waals surface area contributed by atoms with Crippen molar-refractivity contribution in [3.63, 3.8) is 0 Å². The Kier molecular flexibility index (Phi) is 7.26. The standard InChI is InChI=1S/C28H24N2O6S2/c1-4-34-26(32)18-9-6-8-17(14-18)20-12-11-19(36-20)15-22-25(31)30-24(21-10-7-13-37-21)23(27(33)35-5-2)16(3)29-28(30)38-22/h6-15,24H,4-5H2,1-3H3/b22-15-/t24-/m1/s1. The van der Waals surface area contributed by atoms with Gasteiger partial charge < -0.3 is 13.9 Å². The van der Waals surface area contributed by atoms with E-state index in [-0.39, 0.29) is 12.2 Å². The molecule has 4 aromatic rings. The highest BCUT2D eigenvalue weighted by atomic mass is 32.1. The zero-order valence-electron chi connectivity index (χ0n) is 20.9. The zero-order valence-corrected chi connectivity index (χ0v) is 22.6. The van der Waals surface area contributed by atoms with E-state index in [1.165, 1.54) is 22.7 Å². The third kappa shape index (κ3) is 4.80. The van der Waals surface area contributed by atoms with E-state index in [4.69, 9.17) is 13.9 Å². The van der Waals surface area contributed by atoms with E-state index >= 15 is 0 Å². The monoisotopic (exact) mass is 548 g/mol. The van der Waals surface area contributed by atoms with Gasteiger partial charge in [-0.3, -0.25) is 9.36 Å². The number of hydrogen-bond donors (Lipinski definition) is 0. The fraction of sp³-hybridized carbons (Fsp3) is 0.214. The molecule has 0 saturated carbocycles. The molecule has 0 fully saturated rings. The first-order valence-electron chi connectivity index (χ1n) is 12.0. The number of aromatic nitrogens is 1. The Morgan fingerprint density at radius 3 is 2.61 bits per heavy atom. The quantitative estimate of drug-likeness (QED) is 0.320. The SMILES string of the molecule is CCOC(=O)C1=C(C)N=c2s/c(=C\c3ccc(-c4cccc(C(=O)OCC)c4)o3)c(=O)n2[C@@H]1c1cccs1. The number of fused-ring (bicyclic) bond motifs is 1. The summed E-state index contributed by atoms with van der Waals surface area (Å²) in [6.45, 7) is 5.77. The summed E-state index contributed by atoms with van der Waals surface area (Å²) < 4.78 is 18.4. The molecule has 38 heavy (non-hydrogen) atoms. The maximum absolute atomic E-state index is 13.6. The Labute approximate surface area is 225 Å². The van der Waals surface area contributed by atoms with Gasteiger partial charge in [-0.25, -0.2) is 14.6 Å². The number of allylic oxidation sites excluding steroid dienone is 1. The van der Waals surface area contributed by atoms with Gasteiger partial charge >= 0.3 is 11.9 Å². The lowest BCUT2D eigenvalue weighted by Gasteiger charge is -2.23. The van der Waals surface area contributed by atoms with Crippen molar-refractivity contribution in [2.75, 3.05) is 13.2 Å². The molecule has 194 valence electrons. The minimum Gasteiger partial charge on any atom is -0.463 e. The second-order valence-corrected chi connectivity index (χ2v) is 10.3. The molecular weight excluding hydrogens is 524 g/mol. The van der Waals surface area contributed by atoms with Crippen LogP contribution >= 0.6 is 22.7 Å². The van der Waals surface area contributed by atoms with Gasteiger partial charge in [0.2, 0.25) is 0 Å². The lowest BCUT2D eigenvalue weighted by Crippen LogP contribution is -2.39. The summed E-state index contributed by atoms with van der Waals surface area (Å²) >= 11 is 2.69. The summed E-state index contributed by atoms with van der Waals surface area (Å²) in [7, 11) is 0.